The van der Waals surface area contributed by atoms with Gasteiger partial charge in [-0.3, -0.25) is 0 Å². The van der Waals surface area contributed by atoms with Gasteiger partial charge in [-0.1, -0.05) is 32.1 Å². The normalized spacial score (nSPS) is 30.4. The molecule has 17 heavy (non-hydrogen) atoms. The third-order valence-corrected chi connectivity index (χ3v) is 4.41. The van der Waals surface area contributed by atoms with Crippen LogP contribution in [0.15, 0.2) is 0 Å². The molecule has 2 nitrogen and oxygen atoms in total. The Balaban J connectivity index is 1.61. The quantitative estimate of drug-likeness (QED) is 0.810. The number of nitrogens with one attached hydrogen (secondary N) is 1. The first kappa shape index (κ1) is 13.4. The van der Waals surface area contributed by atoms with Gasteiger partial charge in [0.25, 0.3) is 0 Å². The highest BCUT2D eigenvalue weighted by molar-refractivity contribution is 4.83. The van der Waals surface area contributed by atoms with E-state index >= 15 is 0 Å². The van der Waals surface area contributed by atoms with Crippen LogP contribution in [0.5, 0.6) is 0 Å². The van der Waals surface area contributed by atoms with Gasteiger partial charge in [-0.15, -0.1) is 0 Å². The Morgan fingerprint density at radius 1 is 1.12 bits per heavy atom. The van der Waals surface area contributed by atoms with E-state index in [2.05, 4.69) is 19.2 Å². The molecule has 2 fully saturated rings. The molecule has 1 saturated carbocycles. The number of hydrogen-bond acceptors (Lipinski definition) is 2. The molecule has 2 aliphatic rings. The van der Waals surface area contributed by atoms with Crippen molar-refractivity contribution in [3.63, 3.8) is 0 Å². The third kappa shape index (κ3) is 4.59. The molecule has 1 atom stereocenters. The van der Waals surface area contributed by atoms with Crippen molar-refractivity contribution < 1.29 is 4.74 Å². The summed E-state index contributed by atoms with van der Waals surface area (Å²) in [6.45, 7) is 6.56. The van der Waals surface area contributed by atoms with E-state index in [1.165, 1.54) is 51.5 Å². The summed E-state index contributed by atoms with van der Waals surface area (Å²) < 4.78 is 5.75. The van der Waals surface area contributed by atoms with Crippen LogP contribution in [0.3, 0.4) is 0 Å². The van der Waals surface area contributed by atoms with Crippen LogP contribution in [0.1, 0.15) is 65.2 Å². The fourth-order valence-electron chi connectivity index (χ4n) is 3.37. The van der Waals surface area contributed by atoms with Gasteiger partial charge in [0.15, 0.2) is 0 Å². The van der Waals surface area contributed by atoms with Crippen LogP contribution in [0, 0.1) is 5.92 Å². The van der Waals surface area contributed by atoms with E-state index in [4.69, 9.17) is 4.74 Å². The third-order valence-electron chi connectivity index (χ3n) is 4.41. The lowest BCUT2D eigenvalue weighted by atomic mass is 9.87. The summed E-state index contributed by atoms with van der Waals surface area (Å²) in [5.41, 5.74) is 0.0841. The zero-order chi connectivity index (χ0) is 12.1. The lowest BCUT2D eigenvalue weighted by molar-refractivity contribution is -0.0629. The zero-order valence-corrected chi connectivity index (χ0v) is 11.6. The molecule has 1 N–H and O–H groups in total. The van der Waals surface area contributed by atoms with Crippen molar-refractivity contribution in [1.82, 2.24) is 5.32 Å². The molecule has 1 aliphatic heterocycles. The fraction of sp³-hybridized carbons (Fsp3) is 1.00. The van der Waals surface area contributed by atoms with Crippen molar-refractivity contribution in [1.29, 1.82) is 0 Å². The second-order valence-corrected chi connectivity index (χ2v) is 6.54. The molecule has 0 spiro atoms. The Morgan fingerprint density at radius 2 is 1.88 bits per heavy atom. The van der Waals surface area contributed by atoms with E-state index in [1.807, 2.05) is 0 Å². The highest BCUT2D eigenvalue weighted by Gasteiger charge is 2.28. The number of ether oxygens (including phenoxy) is 1. The minimum Gasteiger partial charge on any atom is -0.375 e. The van der Waals surface area contributed by atoms with Crippen LogP contribution >= 0.6 is 0 Å². The van der Waals surface area contributed by atoms with Gasteiger partial charge in [-0.05, 0) is 45.6 Å². The Hall–Kier alpha value is -0.0800. The van der Waals surface area contributed by atoms with Crippen LogP contribution in [0.4, 0.5) is 0 Å². The fourth-order valence-corrected chi connectivity index (χ4v) is 3.37. The average molecular weight is 239 g/mol. The Bertz CT molecular complexity index is 221. The molecule has 0 aromatic heterocycles. The van der Waals surface area contributed by atoms with E-state index in [1.54, 1.807) is 0 Å². The summed E-state index contributed by atoms with van der Waals surface area (Å²) in [4.78, 5) is 0. The van der Waals surface area contributed by atoms with Crippen LogP contribution in [0.2, 0.25) is 0 Å². The summed E-state index contributed by atoms with van der Waals surface area (Å²) in [5.74, 6) is 1.00. The van der Waals surface area contributed by atoms with Gasteiger partial charge >= 0.3 is 0 Å². The maximum absolute atomic E-state index is 5.75. The van der Waals surface area contributed by atoms with E-state index in [0.29, 0.717) is 6.04 Å². The summed E-state index contributed by atoms with van der Waals surface area (Å²) in [7, 11) is 0. The predicted molar refractivity (Wildman–Crippen MR) is 72.2 cm³/mol. The monoisotopic (exact) mass is 239 g/mol. The lowest BCUT2D eigenvalue weighted by Gasteiger charge is -2.36. The molecular formula is C15H29NO. The minimum absolute atomic E-state index is 0.0841. The van der Waals surface area contributed by atoms with Gasteiger partial charge in [0.05, 0.1) is 5.60 Å². The molecule has 0 bridgehead atoms. The lowest BCUT2D eigenvalue weighted by Crippen LogP contribution is -2.44. The summed E-state index contributed by atoms with van der Waals surface area (Å²) in [6.07, 6.45) is 11.1. The van der Waals surface area contributed by atoms with Gasteiger partial charge in [-0.2, -0.15) is 0 Å². The van der Waals surface area contributed by atoms with Gasteiger partial charge < -0.3 is 10.1 Å². The Morgan fingerprint density at radius 3 is 2.59 bits per heavy atom. The van der Waals surface area contributed by atoms with Gasteiger partial charge in [0.1, 0.15) is 0 Å². The highest BCUT2D eigenvalue weighted by atomic mass is 16.5. The van der Waals surface area contributed by atoms with E-state index in [9.17, 15) is 0 Å². The maximum atomic E-state index is 5.75. The second kappa shape index (κ2) is 6.19. The number of hydrogen-bond donors (Lipinski definition) is 1. The van der Waals surface area contributed by atoms with Crippen molar-refractivity contribution in [3.05, 3.63) is 0 Å². The van der Waals surface area contributed by atoms with E-state index in [-0.39, 0.29) is 5.60 Å². The summed E-state index contributed by atoms with van der Waals surface area (Å²) >= 11 is 0. The second-order valence-electron chi connectivity index (χ2n) is 6.54. The van der Waals surface area contributed by atoms with Crippen molar-refractivity contribution in [2.45, 2.75) is 76.9 Å². The first-order chi connectivity index (χ1) is 8.16. The molecule has 2 rings (SSSR count). The smallest absolute Gasteiger partial charge is 0.0641 e. The first-order valence-electron chi connectivity index (χ1n) is 7.53. The van der Waals surface area contributed by atoms with Crippen LogP contribution in [-0.2, 0) is 4.74 Å². The van der Waals surface area contributed by atoms with Crippen LogP contribution in [-0.4, -0.2) is 24.8 Å². The highest BCUT2D eigenvalue weighted by Crippen LogP contribution is 2.27. The molecular weight excluding hydrogens is 210 g/mol. The van der Waals surface area contributed by atoms with Crippen molar-refractivity contribution >= 4 is 0 Å². The molecule has 0 amide bonds. The molecule has 1 aliphatic carbocycles. The van der Waals surface area contributed by atoms with Crippen molar-refractivity contribution in [2.75, 3.05) is 13.2 Å². The standard InChI is InChI=1S/C15H29NO/c1-15(2)12-14(9-11-17-15)16-10-8-13-6-4-3-5-7-13/h13-14,16H,3-12H2,1-2H3. The maximum Gasteiger partial charge on any atom is 0.0641 e. The Kier molecular flexibility index (Phi) is 4.87. The molecule has 2 heteroatoms. The molecule has 1 unspecified atom stereocenters. The zero-order valence-electron chi connectivity index (χ0n) is 11.6. The molecule has 0 aromatic rings. The van der Waals surface area contributed by atoms with Crippen molar-refractivity contribution in [2.24, 2.45) is 5.92 Å². The average Bonchev–Trinajstić information content (AvgIpc) is 2.29. The van der Waals surface area contributed by atoms with E-state index < -0.39 is 0 Å². The van der Waals surface area contributed by atoms with E-state index in [0.717, 1.165) is 18.9 Å². The molecule has 1 heterocycles. The summed E-state index contributed by atoms with van der Waals surface area (Å²) in [5, 5.41) is 3.74. The topological polar surface area (TPSA) is 21.3 Å². The number of rotatable bonds is 4. The molecule has 100 valence electrons. The van der Waals surface area contributed by atoms with Gasteiger partial charge in [0, 0.05) is 12.6 Å². The molecule has 0 aromatic carbocycles. The van der Waals surface area contributed by atoms with Gasteiger partial charge in [-0.25, -0.2) is 0 Å². The Labute approximate surface area is 107 Å². The predicted octanol–water partition coefficient (Wildman–Crippen LogP) is 3.50. The molecule has 1 saturated heterocycles. The first-order valence-corrected chi connectivity index (χ1v) is 7.53. The minimum atomic E-state index is 0.0841. The van der Waals surface area contributed by atoms with Crippen LogP contribution in [0.25, 0.3) is 0 Å². The SMILES string of the molecule is CC1(C)CC(NCCC2CCCCC2)CCO1. The summed E-state index contributed by atoms with van der Waals surface area (Å²) in [6, 6.07) is 0.683. The van der Waals surface area contributed by atoms with Gasteiger partial charge in [0.2, 0.25) is 0 Å². The molecule has 0 radical (unpaired) electrons. The van der Waals surface area contributed by atoms with Crippen molar-refractivity contribution in [3.8, 4) is 0 Å². The van der Waals surface area contributed by atoms with Crippen LogP contribution < -0.4 is 5.32 Å². The largest absolute Gasteiger partial charge is 0.375 e.